The van der Waals surface area contributed by atoms with Gasteiger partial charge in [-0.2, -0.15) is 13.2 Å². The first-order chi connectivity index (χ1) is 12.3. The molecule has 0 saturated carbocycles. The summed E-state index contributed by atoms with van der Waals surface area (Å²) < 4.78 is 39.7. The summed E-state index contributed by atoms with van der Waals surface area (Å²) in [5.74, 6) is 0. The van der Waals surface area contributed by atoms with Crippen LogP contribution in [0.25, 0.3) is 11.3 Å². The van der Waals surface area contributed by atoms with Crippen molar-refractivity contribution in [1.29, 1.82) is 0 Å². The molecular weight excluding hydrogens is 341 g/mol. The first-order valence-electron chi connectivity index (χ1n) is 8.86. The molecule has 1 aromatic carbocycles. The quantitative estimate of drug-likeness (QED) is 0.654. The Bertz CT molecular complexity index is 699. The Kier molecular flexibility index (Phi) is 7.17. The Hall–Kier alpha value is -1.92. The summed E-state index contributed by atoms with van der Waals surface area (Å²) in [5.41, 5.74) is 1.03. The number of halogens is 3. The number of rotatable bonds is 8. The van der Waals surface area contributed by atoms with Crippen molar-refractivity contribution in [2.75, 3.05) is 13.1 Å². The van der Waals surface area contributed by atoms with Gasteiger partial charge in [0.15, 0.2) is 0 Å². The predicted octanol–water partition coefficient (Wildman–Crippen LogP) is 4.89. The van der Waals surface area contributed by atoms with Crippen LogP contribution >= 0.6 is 0 Å². The van der Waals surface area contributed by atoms with Gasteiger partial charge in [0, 0.05) is 12.1 Å². The molecule has 26 heavy (non-hydrogen) atoms. The van der Waals surface area contributed by atoms with E-state index >= 15 is 0 Å². The highest BCUT2D eigenvalue weighted by molar-refractivity contribution is 5.61. The summed E-state index contributed by atoms with van der Waals surface area (Å²) in [6, 6.07) is 9.56. The summed E-state index contributed by atoms with van der Waals surface area (Å²) in [4.78, 5) is 3.75. The molecule has 0 saturated heterocycles. The van der Waals surface area contributed by atoms with Crippen LogP contribution in [0.3, 0.4) is 0 Å². The van der Waals surface area contributed by atoms with E-state index < -0.39 is 18.0 Å². The Morgan fingerprint density at radius 3 is 2.42 bits per heavy atom. The molecule has 0 aliphatic carbocycles. The minimum atomic E-state index is -4.57. The van der Waals surface area contributed by atoms with Crippen LogP contribution in [0, 0.1) is 6.92 Å². The van der Waals surface area contributed by atoms with Crippen molar-refractivity contribution >= 4 is 0 Å². The molecule has 0 spiro atoms. The predicted molar refractivity (Wildman–Crippen MR) is 96.8 cm³/mol. The van der Waals surface area contributed by atoms with Crippen molar-refractivity contribution in [3.8, 4) is 11.3 Å². The second-order valence-electron chi connectivity index (χ2n) is 6.46. The molecule has 0 bridgehead atoms. The van der Waals surface area contributed by atoms with E-state index in [1.54, 1.807) is 12.1 Å². The molecule has 2 N–H and O–H groups in total. The number of aliphatic hydroxyl groups excluding tert-OH is 1. The van der Waals surface area contributed by atoms with Crippen LogP contribution in [0.2, 0.25) is 0 Å². The van der Waals surface area contributed by atoms with Gasteiger partial charge in [-0.3, -0.25) is 0 Å². The number of nitrogens with one attached hydrogen (secondary N) is 1. The van der Waals surface area contributed by atoms with Crippen molar-refractivity contribution in [1.82, 2.24) is 10.3 Å². The van der Waals surface area contributed by atoms with E-state index in [2.05, 4.69) is 17.2 Å². The van der Waals surface area contributed by atoms with Crippen molar-refractivity contribution < 1.29 is 18.3 Å². The first-order valence-corrected chi connectivity index (χ1v) is 8.86. The average molecular weight is 366 g/mol. The molecule has 2 rings (SSSR count). The number of hydrogen-bond donors (Lipinski definition) is 2. The van der Waals surface area contributed by atoms with Gasteiger partial charge in [-0.1, -0.05) is 49.6 Å². The topological polar surface area (TPSA) is 45.1 Å². The van der Waals surface area contributed by atoms with E-state index in [9.17, 15) is 18.3 Å². The number of nitrogens with zero attached hydrogens (tertiary/aromatic N) is 1. The maximum Gasteiger partial charge on any atom is 0.433 e. The summed E-state index contributed by atoms with van der Waals surface area (Å²) in [6.07, 6.45) is -2.45. The van der Waals surface area contributed by atoms with E-state index in [1.165, 1.54) is 6.07 Å². The molecule has 0 radical (unpaired) electrons. The molecule has 1 heterocycles. The van der Waals surface area contributed by atoms with Crippen molar-refractivity contribution in [2.45, 2.75) is 45.4 Å². The Morgan fingerprint density at radius 2 is 1.81 bits per heavy atom. The normalized spacial score (nSPS) is 13.0. The van der Waals surface area contributed by atoms with Gasteiger partial charge in [-0.15, -0.1) is 0 Å². The van der Waals surface area contributed by atoms with Gasteiger partial charge < -0.3 is 10.4 Å². The minimum Gasteiger partial charge on any atom is -0.387 e. The molecule has 142 valence electrons. The zero-order valence-corrected chi connectivity index (χ0v) is 15.1. The number of benzene rings is 1. The molecule has 0 amide bonds. The first kappa shape index (κ1) is 20.4. The number of unbranched alkanes of at least 4 members (excludes halogenated alkanes) is 2. The smallest absolute Gasteiger partial charge is 0.387 e. The highest BCUT2D eigenvalue weighted by atomic mass is 19.4. The summed E-state index contributed by atoms with van der Waals surface area (Å²) in [5, 5.41) is 13.4. The summed E-state index contributed by atoms with van der Waals surface area (Å²) in [6.45, 7) is 4.94. The summed E-state index contributed by atoms with van der Waals surface area (Å²) >= 11 is 0. The highest BCUT2D eigenvalue weighted by Crippen LogP contribution is 2.32. The van der Waals surface area contributed by atoms with Crippen LogP contribution in [0.1, 0.15) is 49.1 Å². The third kappa shape index (κ3) is 5.81. The van der Waals surface area contributed by atoms with Gasteiger partial charge >= 0.3 is 6.18 Å². The van der Waals surface area contributed by atoms with Gasteiger partial charge in [0.05, 0.1) is 11.8 Å². The maximum absolute atomic E-state index is 13.2. The van der Waals surface area contributed by atoms with E-state index in [1.807, 2.05) is 19.1 Å². The lowest BCUT2D eigenvalue weighted by molar-refractivity contribution is -0.141. The van der Waals surface area contributed by atoms with Crippen LogP contribution < -0.4 is 5.32 Å². The lowest BCUT2D eigenvalue weighted by atomic mass is 10.0. The minimum absolute atomic E-state index is 0.207. The standard InChI is InChI=1S/C20H25F3N2O/c1-3-4-5-10-24-13-18(26)16-11-17(15-8-6-14(2)7-9-15)25-19(12-16)20(21,22)23/h6-9,11-12,18,24,26H,3-5,10,13H2,1-2H3. The fraction of sp³-hybridized carbons (Fsp3) is 0.450. The van der Waals surface area contributed by atoms with E-state index in [0.29, 0.717) is 5.56 Å². The fourth-order valence-corrected chi connectivity index (χ4v) is 2.62. The Morgan fingerprint density at radius 1 is 1.12 bits per heavy atom. The average Bonchev–Trinajstić information content (AvgIpc) is 2.61. The Labute approximate surface area is 152 Å². The highest BCUT2D eigenvalue weighted by Gasteiger charge is 2.33. The van der Waals surface area contributed by atoms with E-state index in [4.69, 9.17) is 0 Å². The molecular formula is C20H25F3N2O. The van der Waals surface area contributed by atoms with Crippen LogP contribution in [0.5, 0.6) is 0 Å². The third-order valence-electron chi connectivity index (χ3n) is 4.17. The van der Waals surface area contributed by atoms with Gasteiger partial charge in [-0.25, -0.2) is 4.98 Å². The second-order valence-corrected chi connectivity index (χ2v) is 6.46. The molecule has 0 aliphatic heterocycles. The van der Waals surface area contributed by atoms with Gasteiger partial charge in [0.2, 0.25) is 0 Å². The molecule has 1 unspecified atom stereocenters. The molecule has 0 fully saturated rings. The Balaban J connectivity index is 2.24. The molecule has 1 aromatic heterocycles. The fourth-order valence-electron chi connectivity index (χ4n) is 2.62. The lowest BCUT2D eigenvalue weighted by Gasteiger charge is -2.16. The second kappa shape index (κ2) is 9.14. The number of alkyl halides is 3. The largest absolute Gasteiger partial charge is 0.433 e. The van der Waals surface area contributed by atoms with E-state index in [0.717, 1.165) is 37.4 Å². The van der Waals surface area contributed by atoms with Gasteiger partial charge in [-0.05, 0) is 37.6 Å². The molecule has 2 aromatic rings. The number of aliphatic hydroxyl groups is 1. The van der Waals surface area contributed by atoms with Gasteiger partial charge in [0.25, 0.3) is 0 Å². The number of aromatic nitrogens is 1. The molecule has 1 atom stereocenters. The lowest BCUT2D eigenvalue weighted by Crippen LogP contribution is -2.23. The summed E-state index contributed by atoms with van der Waals surface area (Å²) in [7, 11) is 0. The van der Waals surface area contributed by atoms with E-state index in [-0.39, 0.29) is 17.8 Å². The number of hydrogen-bond acceptors (Lipinski definition) is 3. The van der Waals surface area contributed by atoms with Crippen molar-refractivity contribution in [3.05, 3.63) is 53.2 Å². The zero-order valence-electron chi connectivity index (χ0n) is 15.1. The number of pyridine rings is 1. The molecule has 6 heteroatoms. The van der Waals surface area contributed by atoms with Crippen LogP contribution in [-0.2, 0) is 6.18 Å². The monoisotopic (exact) mass is 366 g/mol. The number of aryl methyl sites for hydroxylation is 1. The van der Waals surface area contributed by atoms with Crippen LogP contribution in [0.15, 0.2) is 36.4 Å². The van der Waals surface area contributed by atoms with Crippen molar-refractivity contribution in [2.24, 2.45) is 0 Å². The maximum atomic E-state index is 13.2. The SMILES string of the molecule is CCCCCNCC(O)c1cc(-c2ccc(C)cc2)nc(C(F)(F)F)c1. The van der Waals surface area contributed by atoms with Crippen molar-refractivity contribution in [3.63, 3.8) is 0 Å². The van der Waals surface area contributed by atoms with Crippen LogP contribution in [-0.4, -0.2) is 23.2 Å². The van der Waals surface area contributed by atoms with Gasteiger partial charge in [0.1, 0.15) is 5.69 Å². The zero-order chi connectivity index (χ0) is 19.2. The van der Waals surface area contributed by atoms with Crippen LogP contribution in [0.4, 0.5) is 13.2 Å². The molecule has 0 aliphatic rings. The molecule has 3 nitrogen and oxygen atoms in total. The third-order valence-corrected chi connectivity index (χ3v) is 4.17.